The van der Waals surface area contributed by atoms with Crippen molar-refractivity contribution in [2.45, 2.75) is 33.3 Å². The molecule has 0 radical (unpaired) electrons. The Morgan fingerprint density at radius 2 is 1.88 bits per heavy atom. The number of ether oxygens (including phenoxy) is 2. The first kappa shape index (κ1) is 19.9. The molecule has 1 amide bonds. The van der Waals surface area contributed by atoms with Gasteiger partial charge in [0.2, 0.25) is 5.91 Å². The number of nitrogens with one attached hydrogen (secondary N) is 2. The predicted octanol–water partition coefficient (Wildman–Crippen LogP) is 4.88. The van der Waals surface area contributed by atoms with Crippen molar-refractivity contribution in [2.24, 2.45) is 0 Å². The van der Waals surface area contributed by atoms with Gasteiger partial charge in [-0.15, -0.1) is 0 Å². The van der Waals surface area contributed by atoms with E-state index in [1.807, 2.05) is 51.1 Å². The van der Waals surface area contributed by atoms with Crippen molar-refractivity contribution in [3.05, 3.63) is 47.0 Å². The Balaban J connectivity index is 1.93. The van der Waals surface area contributed by atoms with Crippen molar-refractivity contribution in [1.29, 1.82) is 0 Å². The van der Waals surface area contributed by atoms with Gasteiger partial charge in [-0.1, -0.05) is 23.7 Å². The quantitative estimate of drug-likeness (QED) is 0.689. The van der Waals surface area contributed by atoms with Crippen molar-refractivity contribution in [3.8, 4) is 11.5 Å². The largest absolute Gasteiger partial charge is 0.495 e. The van der Waals surface area contributed by atoms with Crippen LogP contribution in [0.4, 0.5) is 11.4 Å². The van der Waals surface area contributed by atoms with Crippen LogP contribution in [-0.2, 0) is 4.79 Å². The lowest BCUT2D eigenvalue weighted by Gasteiger charge is -2.15. The molecular weight excluding hydrogens is 352 g/mol. The summed E-state index contributed by atoms with van der Waals surface area (Å²) in [6, 6.07) is 11.1. The fraction of sp³-hybridized carbons (Fsp3) is 0.350. The lowest BCUT2D eigenvalue weighted by atomic mass is 10.2. The Labute approximate surface area is 159 Å². The highest BCUT2D eigenvalue weighted by Crippen LogP contribution is 2.31. The van der Waals surface area contributed by atoms with Crippen LogP contribution >= 0.6 is 11.6 Å². The number of benzene rings is 2. The highest BCUT2D eigenvalue weighted by atomic mass is 35.5. The second kappa shape index (κ2) is 9.34. The molecule has 0 heterocycles. The minimum absolute atomic E-state index is 0.0373. The van der Waals surface area contributed by atoms with Crippen molar-refractivity contribution < 1.29 is 14.3 Å². The minimum Gasteiger partial charge on any atom is -0.495 e. The molecule has 0 aliphatic rings. The van der Waals surface area contributed by atoms with E-state index in [4.69, 9.17) is 21.1 Å². The van der Waals surface area contributed by atoms with Crippen LogP contribution in [0.1, 0.15) is 25.8 Å². The lowest BCUT2D eigenvalue weighted by Crippen LogP contribution is -2.17. The number of hydrogen-bond donors (Lipinski definition) is 2. The molecule has 2 rings (SSSR count). The summed E-state index contributed by atoms with van der Waals surface area (Å²) >= 11 is 6.11. The summed E-state index contributed by atoms with van der Waals surface area (Å²) in [6.45, 7) is 6.29. The third kappa shape index (κ3) is 5.56. The summed E-state index contributed by atoms with van der Waals surface area (Å²) in [4.78, 5) is 12.3. The van der Waals surface area contributed by atoms with Crippen LogP contribution in [0.15, 0.2) is 36.4 Å². The molecule has 5 nitrogen and oxygen atoms in total. The summed E-state index contributed by atoms with van der Waals surface area (Å²) in [5.41, 5.74) is 2.43. The summed E-state index contributed by atoms with van der Waals surface area (Å²) in [5, 5.41) is 6.76. The van der Waals surface area contributed by atoms with Gasteiger partial charge in [0.25, 0.3) is 0 Å². The zero-order valence-corrected chi connectivity index (χ0v) is 16.3. The van der Waals surface area contributed by atoms with Crippen LogP contribution < -0.4 is 20.1 Å². The van der Waals surface area contributed by atoms with Gasteiger partial charge in [0.15, 0.2) is 0 Å². The maximum Gasteiger partial charge on any atom is 0.226 e. The molecule has 0 aliphatic carbocycles. The molecule has 0 aliphatic heterocycles. The number of carbonyl (C=O) groups is 1. The van der Waals surface area contributed by atoms with Gasteiger partial charge in [0, 0.05) is 24.1 Å². The zero-order chi connectivity index (χ0) is 19.1. The molecule has 2 aromatic carbocycles. The Kier molecular flexibility index (Phi) is 7.16. The van der Waals surface area contributed by atoms with E-state index in [-0.39, 0.29) is 12.0 Å². The summed E-state index contributed by atoms with van der Waals surface area (Å²) in [6.07, 6.45) is 0.344. The molecule has 0 unspecified atom stereocenters. The van der Waals surface area contributed by atoms with E-state index in [1.165, 1.54) is 0 Å². The average Bonchev–Trinajstić information content (AvgIpc) is 2.59. The van der Waals surface area contributed by atoms with Crippen molar-refractivity contribution in [3.63, 3.8) is 0 Å². The standard InChI is InChI=1S/C20H25ClN2O3/c1-13(2)26-18-8-6-5-7-16(18)23-20(24)9-10-22-17-11-14(3)15(21)12-19(17)25-4/h5-8,11-13,22H,9-10H2,1-4H3,(H,23,24). The highest BCUT2D eigenvalue weighted by Gasteiger charge is 2.10. The molecule has 2 aromatic rings. The Morgan fingerprint density at radius 3 is 2.58 bits per heavy atom. The third-order valence-corrected chi connectivity index (χ3v) is 4.08. The minimum atomic E-state index is -0.0954. The second-order valence-corrected chi connectivity index (χ2v) is 6.60. The van der Waals surface area contributed by atoms with Crippen LogP contribution in [0.5, 0.6) is 11.5 Å². The van der Waals surface area contributed by atoms with E-state index >= 15 is 0 Å². The number of amides is 1. The normalized spacial score (nSPS) is 10.5. The smallest absolute Gasteiger partial charge is 0.226 e. The van der Waals surface area contributed by atoms with E-state index in [9.17, 15) is 4.79 Å². The Hall–Kier alpha value is -2.40. The lowest BCUT2D eigenvalue weighted by molar-refractivity contribution is -0.116. The zero-order valence-electron chi connectivity index (χ0n) is 15.6. The van der Waals surface area contributed by atoms with Gasteiger partial charge in [-0.3, -0.25) is 4.79 Å². The number of rotatable bonds is 8. The molecule has 0 bridgehead atoms. The average molecular weight is 377 g/mol. The Bertz CT molecular complexity index is 763. The van der Waals surface area contributed by atoms with Gasteiger partial charge in [-0.05, 0) is 44.5 Å². The van der Waals surface area contributed by atoms with Gasteiger partial charge >= 0.3 is 0 Å². The van der Waals surface area contributed by atoms with E-state index in [2.05, 4.69) is 10.6 Å². The first-order valence-electron chi connectivity index (χ1n) is 8.54. The number of para-hydroxylation sites is 2. The molecule has 26 heavy (non-hydrogen) atoms. The van der Waals surface area contributed by atoms with E-state index in [0.29, 0.717) is 35.2 Å². The van der Waals surface area contributed by atoms with Gasteiger partial charge in [0.05, 0.1) is 24.6 Å². The van der Waals surface area contributed by atoms with Crippen LogP contribution in [0, 0.1) is 6.92 Å². The molecule has 140 valence electrons. The van der Waals surface area contributed by atoms with Crippen molar-refractivity contribution >= 4 is 28.9 Å². The molecule has 0 fully saturated rings. The maximum atomic E-state index is 12.3. The maximum absolute atomic E-state index is 12.3. The van der Waals surface area contributed by atoms with Crippen LogP contribution in [0.2, 0.25) is 5.02 Å². The van der Waals surface area contributed by atoms with Crippen LogP contribution in [0.25, 0.3) is 0 Å². The summed E-state index contributed by atoms with van der Waals surface area (Å²) in [5.74, 6) is 1.22. The molecule has 6 heteroatoms. The van der Waals surface area contributed by atoms with Crippen molar-refractivity contribution in [2.75, 3.05) is 24.3 Å². The van der Waals surface area contributed by atoms with E-state index in [1.54, 1.807) is 13.2 Å². The Morgan fingerprint density at radius 1 is 1.15 bits per heavy atom. The van der Waals surface area contributed by atoms with Crippen LogP contribution in [0.3, 0.4) is 0 Å². The number of carbonyl (C=O) groups excluding carboxylic acids is 1. The first-order valence-corrected chi connectivity index (χ1v) is 8.92. The predicted molar refractivity (Wildman–Crippen MR) is 107 cm³/mol. The molecule has 0 spiro atoms. The molecular formula is C20H25ClN2O3. The third-order valence-electron chi connectivity index (χ3n) is 3.67. The van der Waals surface area contributed by atoms with Crippen LogP contribution in [-0.4, -0.2) is 25.7 Å². The first-order chi connectivity index (χ1) is 12.4. The van der Waals surface area contributed by atoms with Gasteiger partial charge in [-0.2, -0.15) is 0 Å². The number of methoxy groups -OCH3 is 1. The number of aryl methyl sites for hydroxylation is 1. The molecule has 0 aromatic heterocycles. The fourth-order valence-electron chi connectivity index (χ4n) is 2.42. The molecule has 0 saturated heterocycles. The summed E-state index contributed by atoms with van der Waals surface area (Å²) in [7, 11) is 1.59. The molecule has 0 atom stereocenters. The fourth-order valence-corrected chi connectivity index (χ4v) is 2.57. The topological polar surface area (TPSA) is 59.6 Å². The van der Waals surface area contributed by atoms with Gasteiger partial charge in [0.1, 0.15) is 11.5 Å². The summed E-state index contributed by atoms with van der Waals surface area (Å²) < 4.78 is 11.0. The number of halogens is 1. The molecule has 0 saturated carbocycles. The van der Waals surface area contributed by atoms with E-state index in [0.717, 1.165) is 11.3 Å². The van der Waals surface area contributed by atoms with E-state index < -0.39 is 0 Å². The highest BCUT2D eigenvalue weighted by molar-refractivity contribution is 6.31. The monoisotopic (exact) mass is 376 g/mol. The SMILES string of the molecule is COc1cc(Cl)c(C)cc1NCCC(=O)Nc1ccccc1OC(C)C. The number of hydrogen-bond acceptors (Lipinski definition) is 4. The molecule has 2 N–H and O–H groups in total. The van der Waals surface area contributed by atoms with Gasteiger partial charge < -0.3 is 20.1 Å². The second-order valence-electron chi connectivity index (χ2n) is 6.19. The van der Waals surface area contributed by atoms with Gasteiger partial charge in [-0.25, -0.2) is 0 Å². The van der Waals surface area contributed by atoms with Crippen molar-refractivity contribution in [1.82, 2.24) is 0 Å². The number of anilines is 2.